The Hall–Kier alpha value is -1.85. The van der Waals surface area contributed by atoms with Crippen LogP contribution < -0.4 is 0 Å². The minimum Gasteiger partial charge on any atom is -0.480 e. The van der Waals surface area contributed by atoms with E-state index in [4.69, 9.17) is 0 Å². The van der Waals surface area contributed by atoms with Gasteiger partial charge in [-0.15, -0.1) is 0 Å². The number of carboxylic acids is 1. The third-order valence-electron chi connectivity index (χ3n) is 5.37. The van der Waals surface area contributed by atoms with Gasteiger partial charge in [-0.25, -0.2) is 4.79 Å². The number of nitrogens with zero attached hydrogens (tertiary/aromatic N) is 3. The van der Waals surface area contributed by atoms with Crippen molar-refractivity contribution in [2.45, 2.75) is 71.0 Å². The monoisotopic (exact) mass is 319 g/mol. The molecule has 6 heteroatoms. The summed E-state index contributed by atoms with van der Waals surface area (Å²) in [7, 11) is 0. The Bertz CT molecular complexity index is 623. The number of aliphatic carboxylic acids is 1. The number of rotatable bonds is 3. The summed E-state index contributed by atoms with van der Waals surface area (Å²) in [6.45, 7) is 5.91. The Morgan fingerprint density at radius 3 is 2.61 bits per heavy atom. The molecular weight excluding hydrogens is 294 g/mol. The molecule has 1 aliphatic carbocycles. The molecule has 1 aromatic heterocycles. The predicted molar refractivity (Wildman–Crippen MR) is 85.3 cm³/mol. The summed E-state index contributed by atoms with van der Waals surface area (Å²) in [5, 5.41) is 13.9. The van der Waals surface area contributed by atoms with Gasteiger partial charge >= 0.3 is 5.97 Å². The molecule has 1 saturated carbocycles. The first-order chi connectivity index (χ1) is 10.9. The second-order valence-corrected chi connectivity index (χ2v) is 7.10. The van der Waals surface area contributed by atoms with E-state index in [-0.39, 0.29) is 18.0 Å². The second-order valence-electron chi connectivity index (χ2n) is 7.10. The first kappa shape index (κ1) is 16.0. The van der Waals surface area contributed by atoms with Gasteiger partial charge in [0.25, 0.3) is 5.91 Å². The fourth-order valence-electron chi connectivity index (χ4n) is 4.27. The highest BCUT2D eigenvalue weighted by Crippen LogP contribution is 2.40. The molecule has 0 bridgehead atoms. The Morgan fingerprint density at radius 2 is 2.00 bits per heavy atom. The van der Waals surface area contributed by atoms with Crippen molar-refractivity contribution in [1.29, 1.82) is 0 Å². The number of carbonyl (C=O) groups excluding carboxylic acids is 1. The number of carboxylic acid groups (broad SMARTS) is 1. The third kappa shape index (κ3) is 2.64. The van der Waals surface area contributed by atoms with Gasteiger partial charge in [-0.05, 0) is 46.0 Å². The van der Waals surface area contributed by atoms with Gasteiger partial charge in [0.1, 0.15) is 6.04 Å². The van der Waals surface area contributed by atoms with Crippen LogP contribution in [0.15, 0.2) is 6.20 Å². The molecule has 23 heavy (non-hydrogen) atoms. The van der Waals surface area contributed by atoms with Crippen molar-refractivity contribution in [2.24, 2.45) is 5.92 Å². The van der Waals surface area contributed by atoms with E-state index in [2.05, 4.69) is 5.10 Å². The summed E-state index contributed by atoms with van der Waals surface area (Å²) >= 11 is 0. The maximum Gasteiger partial charge on any atom is 0.326 e. The number of hydrogen-bond acceptors (Lipinski definition) is 3. The molecule has 0 aromatic carbocycles. The minimum absolute atomic E-state index is 0.0687. The van der Waals surface area contributed by atoms with E-state index >= 15 is 0 Å². The quantitative estimate of drug-likeness (QED) is 0.929. The molecule has 1 N–H and O–H groups in total. The molecule has 3 rings (SSSR count). The molecule has 3 unspecified atom stereocenters. The zero-order valence-corrected chi connectivity index (χ0v) is 14.0. The van der Waals surface area contributed by atoms with E-state index in [1.807, 2.05) is 25.5 Å². The Kier molecular flexibility index (Phi) is 4.17. The first-order valence-electron chi connectivity index (χ1n) is 8.51. The molecule has 1 amide bonds. The van der Waals surface area contributed by atoms with Crippen LogP contribution in [0.25, 0.3) is 0 Å². The topological polar surface area (TPSA) is 75.4 Å². The highest BCUT2D eigenvalue weighted by molar-refractivity contribution is 5.98. The van der Waals surface area contributed by atoms with Crippen LogP contribution in [0.3, 0.4) is 0 Å². The molecule has 2 fully saturated rings. The highest BCUT2D eigenvalue weighted by atomic mass is 16.4. The molecule has 2 aliphatic rings. The van der Waals surface area contributed by atoms with Gasteiger partial charge in [-0.3, -0.25) is 9.48 Å². The van der Waals surface area contributed by atoms with Crippen LogP contribution in [0.5, 0.6) is 0 Å². The van der Waals surface area contributed by atoms with E-state index in [1.165, 1.54) is 0 Å². The van der Waals surface area contributed by atoms with Gasteiger partial charge in [0.05, 0.1) is 11.8 Å². The van der Waals surface area contributed by atoms with Crippen molar-refractivity contribution in [3.05, 3.63) is 17.5 Å². The molecule has 0 radical (unpaired) electrons. The van der Waals surface area contributed by atoms with Crippen LogP contribution in [-0.2, 0) is 4.79 Å². The number of hydrogen-bond donors (Lipinski definition) is 1. The summed E-state index contributed by atoms with van der Waals surface area (Å²) in [5.41, 5.74) is 1.35. The zero-order chi connectivity index (χ0) is 16.7. The maximum absolute atomic E-state index is 13.1. The second kappa shape index (κ2) is 5.98. The summed E-state index contributed by atoms with van der Waals surface area (Å²) in [4.78, 5) is 26.4. The fraction of sp³-hybridized carbons (Fsp3) is 0.706. The molecule has 3 atom stereocenters. The summed E-state index contributed by atoms with van der Waals surface area (Å²) in [6.07, 6.45) is 6.33. The first-order valence-corrected chi connectivity index (χ1v) is 8.51. The lowest BCUT2D eigenvalue weighted by Gasteiger charge is -2.33. The van der Waals surface area contributed by atoms with Gasteiger partial charge < -0.3 is 10.0 Å². The Morgan fingerprint density at radius 1 is 1.30 bits per heavy atom. The average Bonchev–Trinajstić information content (AvgIpc) is 3.07. The fourth-order valence-corrected chi connectivity index (χ4v) is 4.27. The van der Waals surface area contributed by atoms with Crippen molar-refractivity contribution >= 4 is 11.9 Å². The van der Waals surface area contributed by atoms with E-state index in [1.54, 1.807) is 11.1 Å². The number of fused-ring (bicyclic) bond motifs is 1. The van der Waals surface area contributed by atoms with E-state index in [0.29, 0.717) is 17.9 Å². The standard InChI is InChI=1S/C17H25N3O3/c1-10(2)20-11(3)13(9-18-20)16(21)19-14-7-5-4-6-12(14)8-15(19)17(22)23/h9-10,12,14-15H,4-8H2,1-3H3,(H,22,23). The lowest BCUT2D eigenvalue weighted by molar-refractivity contribution is -0.141. The van der Waals surface area contributed by atoms with Crippen molar-refractivity contribution in [1.82, 2.24) is 14.7 Å². The van der Waals surface area contributed by atoms with Crippen molar-refractivity contribution in [3.63, 3.8) is 0 Å². The molecule has 1 aliphatic heterocycles. The smallest absolute Gasteiger partial charge is 0.326 e. The number of carbonyl (C=O) groups is 2. The Labute approximate surface area is 136 Å². The molecule has 2 heterocycles. The zero-order valence-electron chi connectivity index (χ0n) is 14.0. The normalized spacial score (nSPS) is 27.3. The molecule has 0 spiro atoms. The predicted octanol–water partition coefficient (Wildman–Crippen LogP) is 2.63. The average molecular weight is 319 g/mol. The lowest BCUT2D eigenvalue weighted by atomic mass is 9.84. The van der Waals surface area contributed by atoms with Crippen LogP contribution in [0.2, 0.25) is 0 Å². The highest BCUT2D eigenvalue weighted by Gasteiger charge is 2.48. The maximum atomic E-state index is 13.1. The van der Waals surface area contributed by atoms with Gasteiger partial charge in [0.15, 0.2) is 0 Å². The summed E-state index contributed by atoms with van der Waals surface area (Å²) in [5.74, 6) is -0.730. The lowest BCUT2D eigenvalue weighted by Crippen LogP contribution is -2.46. The molecule has 6 nitrogen and oxygen atoms in total. The van der Waals surface area contributed by atoms with E-state index in [0.717, 1.165) is 31.4 Å². The molecular formula is C17H25N3O3. The third-order valence-corrected chi connectivity index (χ3v) is 5.37. The van der Waals surface area contributed by atoms with Crippen LogP contribution in [0.4, 0.5) is 0 Å². The van der Waals surface area contributed by atoms with Crippen LogP contribution in [0, 0.1) is 12.8 Å². The Balaban J connectivity index is 1.94. The summed E-state index contributed by atoms with van der Waals surface area (Å²) < 4.78 is 1.82. The van der Waals surface area contributed by atoms with Gasteiger partial charge in [-0.2, -0.15) is 5.10 Å². The molecule has 1 aromatic rings. The van der Waals surface area contributed by atoms with Crippen LogP contribution in [-0.4, -0.2) is 43.7 Å². The summed E-state index contributed by atoms with van der Waals surface area (Å²) in [6, 6.07) is -0.454. The van der Waals surface area contributed by atoms with Gasteiger partial charge in [-0.1, -0.05) is 12.8 Å². The van der Waals surface area contributed by atoms with E-state index < -0.39 is 12.0 Å². The van der Waals surface area contributed by atoms with Gasteiger partial charge in [0.2, 0.25) is 0 Å². The van der Waals surface area contributed by atoms with Gasteiger partial charge in [0, 0.05) is 17.8 Å². The van der Waals surface area contributed by atoms with Crippen LogP contribution >= 0.6 is 0 Å². The number of likely N-dealkylation sites (tertiary alicyclic amines) is 1. The van der Waals surface area contributed by atoms with Crippen LogP contribution in [0.1, 0.15) is 68.0 Å². The molecule has 126 valence electrons. The minimum atomic E-state index is -0.887. The van der Waals surface area contributed by atoms with Crippen molar-refractivity contribution in [2.75, 3.05) is 0 Å². The number of aromatic nitrogens is 2. The SMILES string of the molecule is Cc1c(C(=O)N2C(C(=O)O)CC3CCCCC32)cnn1C(C)C. The largest absolute Gasteiger partial charge is 0.480 e. The van der Waals surface area contributed by atoms with Crippen molar-refractivity contribution < 1.29 is 14.7 Å². The van der Waals surface area contributed by atoms with Crippen molar-refractivity contribution in [3.8, 4) is 0 Å². The number of amides is 1. The van der Waals surface area contributed by atoms with E-state index in [9.17, 15) is 14.7 Å². The molecule has 1 saturated heterocycles.